The molecule has 0 unspecified atom stereocenters. The van der Waals surface area contributed by atoms with Gasteiger partial charge in [0.2, 0.25) is 0 Å². The summed E-state index contributed by atoms with van der Waals surface area (Å²) in [5.74, 6) is 0. The van der Waals surface area contributed by atoms with E-state index >= 15 is 0 Å². The van der Waals surface area contributed by atoms with Crippen LogP contribution in [0, 0.1) is 0 Å². The van der Waals surface area contributed by atoms with Crippen LogP contribution in [0.3, 0.4) is 0 Å². The number of benzene rings is 2. The maximum absolute atomic E-state index is 4.41. The van der Waals surface area contributed by atoms with Crippen molar-refractivity contribution in [1.82, 2.24) is 4.90 Å². The Labute approximate surface area is 126 Å². The van der Waals surface area contributed by atoms with Gasteiger partial charge in [0.15, 0.2) is 0 Å². The lowest BCUT2D eigenvalue weighted by molar-refractivity contribution is 0.249. The van der Waals surface area contributed by atoms with Crippen molar-refractivity contribution in [1.29, 1.82) is 0 Å². The van der Waals surface area contributed by atoms with Crippen LogP contribution in [0.2, 0.25) is 0 Å². The number of anilines is 1. The van der Waals surface area contributed by atoms with Gasteiger partial charge in [-0.1, -0.05) is 30.3 Å². The summed E-state index contributed by atoms with van der Waals surface area (Å²) in [6, 6.07) is 19.1. The number of rotatable bonds is 3. The molecule has 1 saturated heterocycles. The maximum atomic E-state index is 4.41. The number of nitrogens with zero attached hydrogens (tertiary/aromatic N) is 2. The second-order valence-corrected chi connectivity index (χ2v) is 5.79. The van der Waals surface area contributed by atoms with Crippen molar-refractivity contribution in [2.24, 2.45) is 0 Å². The Morgan fingerprint density at radius 3 is 2.30 bits per heavy atom. The van der Waals surface area contributed by atoms with E-state index in [1.54, 1.807) is 0 Å². The van der Waals surface area contributed by atoms with Crippen LogP contribution in [0.4, 0.5) is 5.69 Å². The van der Waals surface area contributed by atoms with Gasteiger partial charge in [-0.2, -0.15) is 0 Å². The first-order valence-electron chi connectivity index (χ1n) is 7.11. The van der Waals surface area contributed by atoms with Gasteiger partial charge in [0, 0.05) is 43.3 Å². The van der Waals surface area contributed by atoms with Gasteiger partial charge in [-0.25, -0.2) is 0 Å². The van der Waals surface area contributed by atoms with Crippen LogP contribution >= 0.6 is 12.6 Å². The SMILES string of the molecule is Sc1cccc(CN2CCN(c3ccccc3)CC2)c1. The summed E-state index contributed by atoms with van der Waals surface area (Å²) in [6.07, 6.45) is 0. The fourth-order valence-corrected chi connectivity index (χ4v) is 2.97. The Morgan fingerprint density at radius 2 is 1.60 bits per heavy atom. The molecule has 20 heavy (non-hydrogen) atoms. The van der Waals surface area contributed by atoms with Gasteiger partial charge in [0.25, 0.3) is 0 Å². The molecular formula is C17H20N2S. The molecule has 104 valence electrons. The van der Waals surface area contributed by atoms with Crippen LogP contribution in [0.1, 0.15) is 5.56 Å². The molecule has 0 atom stereocenters. The molecule has 3 rings (SSSR count). The highest BCUT2D eigenvalue weighted by Crippen LogP contribution is 2.17. The molecule has 2 nitrogen and oxygen atoms in total. The van der Waals surface area contributed by atoms with Gasteiger partial charge in [-0.15, -0.1) is 12.6 Å². The molecule has 2 aromatic carbocycles. The van der Waals surface area contributed by atoms with E-state index in [9.17, 15) is 0 Å². The van der Waals surface area contributed by atoms with Gasteiger partial charge in [0.1, 0.15) is 0 Å². The Bertz CT molecular complexity index is 548. The van der Waals surface area contributed by atoms with Gasteiger partial charge in [-0.3, -0.25) is 4.90 Å². The zero-order valence-corrected chi connectivity index (χ0v) is 12.5. The highest BCUT2D eigenvalue weighted by atomic mass is 32.1. The lowest BCUT2D eigenvalue weighted by Crippen LogP contribution is -2.45. The zero-order valence-electron chi connectivity index (χ0n) is 11.6. The molecule has 0 radical (unpaired) electrons. The fourth-order valence-electron chi connectivity index (χ4n) is 2.72. The Morgan fingerprint density at radius 1 is 0.850 bits per heavy atom. The predicted octanol–water partition coefficient (Wildman–Crippen LogP) is 3.30. The van der Waals surface area contributed by atoms with Crippen molar-refractivity contribution >= 4 is 18.3 Å². The average Bonchev–Trinajstić information content (AvgIpc) is 2.49. The van der Waals surface area contributed by atoms with E-state index < -0.39 is 0 Å². The smallest absolute Gasteiger partial charge is 0.0367 e. The second kappa shape index (κ2) is 6.33. The normalized spacial score (nSPS) is 16.4. The topological polar surface area (TPSA) is 6.48 Å². The minimum Gasteiger partial charge on any atom is -0.369 e. The maximum Gasteiger partial charge on any atom is 0.0367 e. The van der Waals surface area contributed by atoms with Gasteiger partial charge in [0.05, 0.1) is 0 Å². The molecule has 1 aliphatic rings. The number of hydrogen-bond donors (Lipinski definition) is 1. The van der Waals surface area contributed by atoms with Crippen molar-refractivity contribution in [3.8, 4) is 0 Å². The Hall–Kier alpha value is -1.45. The van der Waals surface area contributed by atoms with E-state index in [1.165, 1.54) is 11.3 Å². The summed E-state index contributed by atoms with van der Waals surface area (Å²) in [5, 5.41) is 0. The van der Waals surface area contributed by atoms with E-state index in [2.05, 4.69) is 71.0 Å². The Kier molecular flexibility index (Phi) is 4.28. The zero-order chi connectivity index (χ0) is 13.8. The third-order valence-corrected chi connectivity index (χ3v) is 4.09. The molecule has 2 aromatic rings. The summed E-state index contributed by atoms with van der Waals surface area (Å²) in [6.45, 7) is 5.46. The molecule has 3 heteroatoms. The summed E-state index contributed by atoms with van der Waals surface area (Å²) in [4.78, 5) is 6.03. The molecule has 0 bridgehead atoms. The van der Waals surface area contributed by atoms with Crippen LogP contribution in [0.15, 0.2) is 59.5 Å². The van der Waals surface area contributed by atoms with Gasteiger partial charge < -0.3 is 4.90 Å². The van der Waals surface area contributed by atoms with E-state index in [0.29, 0.717) is 0 Å². The second-order valence-electron chi connectivity index (χ2n) is 5.27. The lowest BCUT2D eigenvalue weighted by Gasteiger charge is -2.36. The molecule has 0 N–H and O–H groups in total. The fraction of sp³-hybridized carbons (Fsp3) is 0.294. The highest BCUT2D eigenvalue weighted by molar-refractivity contribution is 7.80. The van der Waals surface area contributed by atoms with Crippen LogP contribution < -0.4 is 4.90 Å². The summed E-state index contributed by atoms with van der Waals surface area (Å²) in [7, 11) is 0. The predicted molar refractivity (Wildman–Crippen MR) is 87.6 cm³/mol. The number of thiol groups is 1. The molecule has 0 amide bonds. The molecule has 0 aromatic heterocycles. The van der Waals surface area contributed by atoms with Crippen LogP contribution in [0.25, 0.3) is 0 Å². The first-order valence-corrected chi connectivity index (χ1v) is 7.56. The Balaban J connectivity index is 1.56. The first-order chi connectivity index (χ1) is 9.81. The van der Waals surface area contributed by atoms with Crippen molar-refractivity contribution in [3.63, 3.8) is 0 Å². The van der Waals surface area contributed by atoms with Crippen LogP contribution in [-0.2, 0) is 6.54 Å². The minimum atomic E-state index is 1.02. The molecular weight excluding hydrogens is 264 g/mol. The number of hydrogen-bond acceptors (Lipinski definition) is 3. The molecule has 1 fully saturated rings. The standard InChI is InChI=1S/C17H20N2S/c20-17-8-4-5-15(13-17)14-18-9-11-19(12-10-18)16-6-2-1-3-7-16/h1-8,13,20H,9-12,14H2. The molecule has 0 aliphatic carbocycles. The van der Waals surface area contributed by atoms with Crippen molar-refractivity contribution in [2.45, 2.75) is 11.4 Å². The van der Waals surface area contributed by atoms with E-state index in [4.69, 9.17) is 0 Å². The molecule has 1 aliphatic heterocycles. The third-order valence-electron chi connectivity index (χ3n) is 3.81. The summed E-state index contributed by atoms with van der Waals surface area (Å²) in [5.41, 5.74) is 2.69. The van der Waals surface area contributed by atoms with Gasteiger partial charge in [-0.05, 0) is 29.8 Å². The molecule has 1 heterocycles. The van der Waals surface area contributed by atoms with Crippen LogP contribution in [0.5, 0.6) is 0 Å². The summed E-state index contributed by atoms with van der Waals surface area (Å²) >= 11 is 4.41. The number of para-hydroxylation sites is 1. The minimum absolute atomic E-state index is 1.02. The van der Waals surface area contributed by atoms with Crippen molar-refractivity contribution in [2.75, 3.05) is 31.1 Å². The third kappa shape index (κ3) is 3.35. The largest absolute Gasteiger partial charge is 0.369 e. The average molecular weight is 284 g/mol. The van der Waals surface area contributed by atoms with Gasteiger partial charge >= 0.3 is 0 Å². The molecule has 0 spiro atoms. The number of piperazine rings is 1. The highest BCUT2D eigenvalue weighted by Gasteiger charge is 2.16. The van der Waals surface area contributed by atoms with E-state index in [-0.39, 0.29) is 0 Å². The quantitative estimate of drug-likeness (QED) is 0.864. The van der Waals surface area contributed by atoms with Crippen molar-refractivity contribution < 1.29 is 0 Å². The lowest BCUT2D eigenvalue weighted by atomic mass is 10.2. The van der Waals surface area contributed by atoms with E-state index in [0.717, 1.165) is 37.6 Å². The summed E-state index contributed by atoms with van der Waals surface area (Å²) < 4.78 is 0. The van der Waals surface area contributed by atoms with Crippen molar-refractivity contribution in [3.05, 3.63) is 60.2 Å². The molecule has 0 saturated carbocycles. The van der Waals surface area contributed by atoms with E-state index in [1.807, 2.05) is 6.07 Å². The monoisotopic (exact) mass is 284 g/mol. The van der Waals surface area contributed by atoms with Crippen LogP contribution in [-0.4, -0.2) is 31.1 Å². The first kappa shape index (κ1) is 13.5.